The van der Waals surface area contributed by atoms with Crippen molar-refractivity contribution in [1.82, 2.24) is 0 Å². The van der Waals surface area contributed by atoms with Crippen molar-refractivity contribution in [3.8, 4) is 0 Å². The summed E-state index contributed by atoms with van der Waals surface area (Å²) in [5.41, 5.74) is 6.00. The Hall–Kier alpha value is -1.27. The highest BCUT2D eigenvalue weighted by atomic mass is 32.2. The van der Waals surface area contributed by atoms with Crippen LogP contribution < -0.4 is 11.1 Å². The van der Waals surface area contributed by atoms with E-state index in [1.54, 1.807) is 11.8 Å². The van der Waals surface area contributed by atoms with Gasteiger partial charge in [-0.1, -0.05) is 0 Å². The average molecular weight is 284 g/mol. The zero-order valence-electron chi connectivity index (χ0n) is 10.5. The second kappa shape index (κ2) is 6.77. The fraction of sp³-hybridized carbons (Fsp3) is 0.462. The number of ether oxygens (including phenoxy) is 1. The molecule has 1 aromatic rings. The maximum atomic E-state index is 13.0. The number of nitrogens with two attached hydrogens (primary N) is 1. The van der Waals surface area contributed by atoms with Crippen molar-refractivity contribution in [3.63, 3.8) is 0 Å². The molecule has 2 rings (SSSR count). The number of carbonyl (C=O) groups excluding carboxylic acids is 1. The van der Waals surface area contributed by atoms with E-state index in [9.17, 15) is 9.18 Å². The van der Waals surface area contributed by atoms with Crippen molar-refractivity contribution in [1.29, 1.82) is 0 Å². The Labute approximate surface area is 115 Å². The lowest BCUT2D eigenvalue weighted by Gasteiger charge is -2.21. The smallest absolute Gasteiger partial charge is 0.234 e. The Kier molecular flexibility index (Phi) is 5.04. The number of rotatable bonds is 4. The van der Waals surface area contributed by atoms with E-state index in [1.807, 2.05) is 0 Å². The molecule has 104 valence electrons. The molecule has 19 heavy (non-hydrogen) atoms. The van der Waals surface area contributed by atoms with Crippen molar-refractivity contribution in [2.75, 3.05) is 30.0 Å². The summed E-state index contributed by atoms with van der Waals surface area (Å²) in [5, 5.41) is 3.20. The fourth-order valence-electron chi connectivity index (χ4n) is 1.85. The maximum absolute atomic E-state index is 13.0. The van der Waals surface area contributed by atoms with E-state index in [-0.39, 0.29) is 11.6 Å². The number of nitrogen functional groups attached to an aromatic ring is 1. The second-order valence-electron chi connectivity index (χ2n) is 4.41. The summed E-state index contributed by atoms with van der Waals surface area (Å²) in [4.78, 5) is 11.8. The highest BCUT2D eigenvalue weighted by Crippen LogP contribution is 2.22. The lowest BCUT2D eigenvalue weighted by molar-refractivity contribution is -0.113. The molecule has 0 aliphatic carbocycles. The molecule has 1 amide bonds. The number of thioether (sulfide) groups is 1. The van der Waals surface area contributed by atoms with Crippen molar-refractivity contribution in [2.24, 2.45) is 0 Å². The molecular formula is C13H17FN2O2S. The molecule has 1 fully saturated rings. The number of benzene rings is 1. The Balaban J connectivity index is 1.78. The van der Waals surface area contributed by atoms with Crippen LogP contribution in [0.1, 0.15) is 12.8 Å². The number of halogens is 1. The Bertz CT molecular complexity index is 450. The van der Waals surface area contributed by atoms with Gasteiger partial charge in [-0.15, -0.1) is 11.8 Å². The Morgan fingerprint density at radius 1 is 1.47 bits per heavy atom. The molecule has 1 aliphatic rings. The molecule has 0 atom stereocenters. The second-order valence-corrected chi connectivity index (χ2v) is 5.70. The summed E-state index contributed by atoms with van der Waals surface area (Å²) in [6.07, 6.45) is 1.98. The van der Waals surface area contributed by atoms with Gasteiger partial charge < -0.3 is 15.8 Å². The number of hydrogen-bond donors (Lipinski definition) is 2. The summed E-state index contributed by atoms with van der Waals surface area (Å²) >= 11 is 1.63. The highest BCUT2D eigenvalue weighted by Gasteiger charge is 2.15. The van der Waals surface area contributed by atoms with E-state index in [2.05, 4.69) is 5.32 Å². The van der Waals surface area contributed by atoms with Crippen LogP contribution >= 0.6 is 11.8 Å². The maximum Gasteiger partial charge on any atom is 0.234 e. The van der Waals surface area contributed by atoms with Gasteiger partial charge in [0.25, 0.3) is 0 Å². The van der Waals surface area contributed by atoms with Crippen LogP contribution in [0.3, 0.4) is 0 Å². The van der Waals surface area contributed by atoms with Gasteiger partial charge in [-0.2, -0.15) is 0 Å². The largest absolute Gasteiger partial charge is 0.396 e. The third kappa shape index (κ3) is 4.40. The molecule has 4 nitrogen and oxygen atoms in total. The average Bonchev–Trinajstić information content (AvgIpc) is 2.42. The summed E-state index contributed by atoms with van der Waals surface area (Å²) in [5.74, 6) is -0.181. The predicted octanol–water partition coefficient (Wildman–Crippen LogP) is 2.26. The zero-order valence-corrected chi connectivity index (χ0v) is 11.3. The third-order valence-electron chi connectivity index (χ3n) is 2.90. The molecule has 0 aromatic heterocycles. The van der Waals surface area contributed by atoms with Gasteiger partial charge in [0, 0.05) is 24.2 Å². The van der Waals surface area contributed by atoms with Crippen LogP contribution in [0.5, 0.6) is 0 Å². The SMILES string of the molecule is Nc1cc(NC(=O)CSC2CCOCC2)ccc1F. The quantitative estimate of drug-likeness (QED) is 0.832. The lowest BCUT2D eigenvalue weighted by Crippen LogP contribution is -2.21. The Morgan fingerprint density at radius 2 is 2.21 bits per heavy atom. The summed E-state index contributed by atoms with van der Waals surface area (Å²) in [7, 11) is 0. The normalized spacial score (nSPS) is 16.3. The van der Waals surface area contributed by atoms with E-state index in [1.165, 1.54) is 18.2 Å². The van der Waals surface area contributed by atoms with E-state index in [0.717, 1.165) is 26.1 Å². The first-order chi connectivity index (χ1) is 9.15. The molecule has 6 heteroatoms. The van der Waals surface area contributed by atoms with Gasteiger partial charge in [0.15, 0.2) is 0 Å². The molecule has 1 aromatic carbocycles. The highest BCUT2D eigenvalue weighted by molar-refractivity contribution is 8.00. The lowest BCUT2D eigenvalue weighted by atomic mass is 10.2. The zero-order chi connectivity index (χ0) is 13.7. The number of hydrogen-bond acceptors (Lipinski definition) is 4. The molecule has 0 bridgehead atoms. The van der Waals surface area contributed by atoms with Crippen LogP contribution in [0.2, 0.25) is 0 Å². The molecule has 1 heterocycles. The number of carbonyl (C=O) groups is 1. The van der Waals surface area contributed by atoms with Crippen LogP contribution in [-0.2, 0) is 9.53 Å². The van der Waals surface area contributed by atoms with Gasteiger partial charge in [0.1, 0.15) is 5.82 Å². The van der Waals surface area contributed by atoms with E-state index in [0.29, 0.717) is 16.7 Å². The first kappa shape index (κ1) is 14.1. The van der Waals surface area contributed by atoms with Gasteiger partial charge in [-0.05, 0) is 31.0 Å². The minimum Gasteiger partial charge on any atom is -0.396 e. The van der Waals surface area contributed by atoms with Crippen molar-refractivity contribution in [3.05, 3.63) is 24.0 Å². The van der Waals surface area contributed by atoms with Gasteiger partial charge in [-0.3, -0.25) is 4.79 Å². The van der Waals surface area contributed by atoms with E-state index < -0.39 is 5.82 Å². The predicted molar refractivity (Wildman–Crippen MR) is 75.7 cm³/mol. The van der Waals surface area contributed by atoms with Crippen molar-refractivity contribution in [2.45, 2.75) is 18.1 Å². The van der Waals surface area contributed by atoms with Crippen LogP contribution in [0.4, 0.5) is 15.8 Å². The monoisotopic (exact) mass is 284 g/mol. The van der Waals surface area contributed by atoms with Gasteiger partial charge in [0.05, 0.1) is 11.4 Å². The van der Waals surface area contributed by atoms with E-state index in [4.69, 9.17) is 10.5 Å². The topological polar surface area (TPSA) is 64.3 Å². The molecule has 0 spiro atoms. The van der Waals surface area contributed by atoms with Crippen LogP contribution in [-0.4, -0.2) is 30.1 Å². The standard InChI is InChI=1S/C13H17FN2O2S/c14-11-2-1-9(7-12(11)15)16-13(17)8-19-10-3-5-18-6-4-10/h1-2,7,10H,3-6,8,15H2,(H,16,17). The summed E-state index contributed by atoms with van der Waals surface area (Å²) in [6, 6.07) is 4.17. The minimum atomic E-state index is -0.477. The van der Waals surface area contributed by atoms with Crippen molar-refractivity contribution < 1.29 is 13.9 Å². The van der Waals surface area contributed by atoms with Gasteiger partial charge in [0.2, 0.25) is 5.91 Å². The first-order valence-corrected chi connectivity index (χ1v) is 7.24. The fourth-order valence-corrected chi connectivity index (χ4v) is 2.84. The number of anilines is 2. The first-order valence-electron chi connectivity index (χ1n) is 6.19. The van der Waals surface area contributed by atoms with Crippen molar-refractivity contribution >= 4 is 29.0 Å². The number of amides is 1. The van der Waals surface area contributed by atoms with E-state index >= 15 is 0 Å². The molecule has 1 aliphatic heterocycles. The summed E-state index contributed by atoms with van der Waals surface area (Å²) in [6.45, 7) is 1.54. The molecular weight excluding hydrogens is 267 g/mol. The molecule has 0 unspecified atom stereocenters. The van der Waals surface area contributed by atoms with Crippen LogP contribution in [0, 0.1) is 5.82 Å². The third-order valence-corrected chi connectivity index (χ3v) is 4.27. The molecule has 0 radical (unpaired) electrons. The minimum absolute atomic E-state index is 0.0369. The molecule has 0 saturated carbocycles. The van der Waals surface area contributed by atoms with Gasteiger partial charge in [-0.25, -0.2) is 4.39 Å². The number of nitrogens with one attached hydrogen (secondary N) is 1. The van der Waals surface area contributed by atoms with Crippen LogP contribution in [0.25, 0.3) is 0 Å². The summed E-state index contributed by atoms with van der Waals surface area (Å²) < 4.78 is 18.2. The Morgan fingerprint density at radius 3 is 2.89 bits per heavy atom. The molecule has 1 saturated heterocycles. The van der Waals surface area contributed by atoms with Crippen LogP contribution in [0.15, 0.2) is 18.2 Å². The molecule has 3 N–H and O–H groups in total. The van der Waals surface area contributed by atoms with Gasteiger partial charge >= 0.3 is 0 Å².